The zero-order valence-electron chi connectivity index (χ0n) is 16.5. The van der Waals surface area contributed by atoms with Gasteiger partial charge < -0.3 is 20.3 Å². The molecule has 1 unspecified atom stereocenters. The second kappa shape index (κ2) is 10.5. The van der Waals surface area contributed by atoms with Crippen LogP contribution in [0.2, 0.25) is 0 Å². The molecule has 0 aromatic heterocycles. The lowest BCUT2D eigenvalue weighted by Gasteiger charge is -2.26. The van der Waals surface area contributed by atoms with Gasteiger partial charge in [-0.05, 0) is 49.8 Å². The maximum Gasteiger partial charge on any atom is 0.191 e. The molecule has 0 saturated carbocycles. The molecule has 146 valence electrons. The number of hydrogen-bond acceptors (Lipinski definition) is 3. The van der Waals surface area contributed by atoms with Crippen molar-refractivity contribution in [3.05, 3.63) is 65.5 Å². The van der Waals surface area contributed by atoms with Crippen molar-refractivity contribution < 1.29 is 9.13 Å². The van der Waals surface area contributed by atoms with Gasteiger partial charge in [0.1, 0.15) is 11.6 Å². The molecule has 0 amide bonds. The molecule has 2 rings (SSSR count). The Hall–Kier alpha value is -2.60. The lowest BCUT2D eigenvalue weighted by molar-refractivity contribution is 0.297. The highest BCUT2D eigenvalue weighted by Gasteiger charge is 2.15. The number of hydrogen-bond donors (Lipinski definition) is 2. The number of likely N-dealkylation sites (N-methyl/N-ethyl adjacent to an activating group) is 1. The fraction of sp³-hybridized carbons (Fsp3) is 0.381. The molecule has 0 saturated heterocycles. The summed E-state index contributed by atoms with van der Waals surface area (Å²) in [5.41, 5.74) is 1.86. The molecule has 2 N–H and O–H groups in total. The number of rotatable bonds is 8. The molecule has 0 radical (unpaired) electrons. The average Bonchev–Trinajstić information content (AvgIpc) is 2.68. The van der Waals surface area contributed by atoms with Crippen LogP contribution in [0, 0.1) is 5.82 Å². The summed E-state index contributed by atoms with van der Waals surface area (Å²) in [5.74, 6) is 1.36. The number of benzene rings is 2. The lowest BCUT2D eigenvalue weighted by atomic mass is 10.1. The number of guanidine groups is 1. The first-order valence-corrected chi connectivity index (χ1v) is 9.03. The van der Waals surface area contributed by atoms with Crippen molar-refractivity contribution >= 4 is 5.96 Å². The van der Waals surface area contributed by atoms with Gasteiger partial charge in [0.2, 0.25) is 0 Å². The van der Waals surface area contributed by atoms with E-state index in [1.54, 1.807) is 26.3 Å². The Kier molecular flexibility index (Phi) is 8.07. The van der Waals surface area contributed by atoms with Crippen LogP contribution in [0.3, 0.4) is 0 Å². The van der Waals surface area contributed by atoms with Crippen LogP contribution in [-0.2, 0) is 6.42 Å². The van der Waals surface area contributed by atoms with Crippen LogP contribution in [0.4, 0.5) is 4.39 Å². The maximum absolute atomic E-state index is 13.7. The Bertz CT molecular complexity index is 748. The summed E-state index contributed by atoms with van der Waals surface area (Å²) >= 11 is 0. The molecule has 2 aromatic carbocycles. The largest absolute Gasteiger partial charge is 0.497 e. The third-order valence-electron chi connectivity index (χ3n) is 4.43. The van der Waals surface area contributed by atoms with Gasteiger partial charge in [-0.3, -0.25) is 4.99 Å². The Morgan fingerprint density at radius 3 is 2.59 bits per heavy atom. The Morgan fingerprint density at radius 2 is 1.93 bits per heavy atom. The van der Waals surface area contributed by atoms with Gasteiger partial charge in [-0.1, -0.05) is 30.3 Å². The summed E-state index contributed by atoms with van der Waals surface area (Å²) in [4.78, 5) is 6.41. The Morgan fingerprint density at radius 1 is 1.15 bits per heavy atom. The standard InChI is InChI=1S/C21H29FN4O/c1-23-21(24-13-12-16-8-5-6-11-19(16)22)25-15-20(26(2)3)17-9-7-10-18(14-17)27-4/h5-11,14,20H,12-13,15H2,1-4H3,(H2,23,24,25). The number of nitrogens with zero attached hydrogens (tertiary/aromatic N) is 2. The van der Waals surface area contributed by atoms with Crippen molar-refractivity contribution in [2.24, 2.45) is 4.99 Å². The smallest absolute Gasteiger partial charge is 0.191 e. The molecule has 1 atom stereocenters. The summed E-state index contributed by atoms with van der Waals surface area (Å²) in [6.07, 6.45) is 0.598. The van der Waals surface area contributed by atoms with Crippen LogP contribution in [0.5, 0.6) is 5.75 Å². The predicted molar refractivity (Wildman–Crippen MR) is 109 cm³/mol. The van der Waals surface area contributed by atoms with Crippen LogP contribution in [-0.4, -0.2) is 52.2 Å². The third-order valence-corrected chi connectivity index (χ3v) is 4.43. The first-order chi connectivity index (χ1) is 13.0. The summed E-state index contributed by atoms with van der Waals surface area (Å²) < 4.78 is 19.0. The van der Waals surface area contributed by atoms with Gasteiger partial charge in [-0.25, -0.2) is 4.39 Å². The fourth-order valence-corrected chi connectivity index (χ4v) is 2.88. The van der Waals surface area contributed by atoms with Crippen molar-refractivity contribution in [3.8, 4) is 5.75 Å². The SMILES string of the molecule is CN=C(NCCc1ccccc1F)NCC(c1cccc(OC)c1)N(C)C. The number of nitrogens with one attached hydrogen (secondary N) is 2. The summed E-state index contributed by atoms with van der Waals surface area (Å²) in [6, 6.07) is 15.1. The minimum atomic E-state index is -0.173. The molecule has 0 aliphatic rings. The second-order valence-electron chi connectivity index (χ2n) is 6.48. The van der Waals surface area contributed by atoms with Crippen molar-refractivity contribution in [1.82, 2.24) is 15.5 Å². The molecule has 0 heterocycles. The van der Waals surface area contributed by atoms with Crippen LogP contribution < -0.4 is 15.4 Å². The van der Waals surface area contributed by atoms with Gasteiger partial charge in [0.05, 0.1) is 13.2 Å². The van der Waals surface area contributed by atoms with E-state index in [4.69, 9.17) is 4.74 Å². The molecule has 0 bridgehead atoms. The van der Waals surface area contributed by atoms with E-state index in [2.05, 4.69) is 26.6 Å². The quantitative estimate of drug-likeness (QED) is 0.553. The molecule has 2 aromatic rings. The van der Waals surface area contributed by atoms with Crippen molar-refractivity contribution in [3.63, 3.8) is 0 Å². The fourth-order valence-electron chi connectivity index (χ4n) is 2.88. The number of methoxy groups -OCH3 is 1. The first kappa shape index (κ1) is 20.7. The molecule has 0 fully saturated rings. The molecule has 6 heteroatoms. The van der Waals surface area contributed by atoms with Gasteiger partial charge >= 0.3 is 0 Å². The monoisotopic (exact) mass is 372 g/mol. The second-order valence-corrected chi connectivity index (χ2v) is 6.48. The maximum atomic E-state index is 13.7. The van der Waals surface area contributed by atoms with Crippen LogP contribution in [0.1, 0.15) is 17.2 Å². The summed E-state index contributed by atoms with van der Waals surface area (Å²) in [7, 11) is 7.48. The van der Waals surface area contributed by atoms with Gasteiger partial charge in [0.25, 0.3) is 0 Å². The van der Waals surface area contributed by atoms with Crippen molar-refractivity contribution in [1.29, 1.82) is 0 Å². The topological polar surface area (TPSA) is 48.9 Å². The highest BCUT2D eigenvalue weighted by Crippen LogP contribution is 2.22. The van der Waals surface area contributed by atoms with E-state index in [1.807, 2.05) is 38.4 Å². The van der Waals surface area contributed by atoms with Gasteiger partial charge in [-0.2, -0.15) is 0 Å². The number of ether oxygens (including phenoxy) is 1. The van der Waals surface area contributed by atoms with E-state index >= 15 is 0 Å². The van der Waals surface area contributed by atoms with E-state index in [-0.39, 0.29) is 11.9 Å². The van der Waals surface area contributed by atoms with Crippen LogP contribution in [0.15, 0.2) is 53.5 Å². The summed E-state index contributed by atoms with van der Waals surface area (Å²) in [5, 5.41) is 6.59. The minimum absolute atomic E-state index is 0.158. The van der Waals surface area contributed by atoms with Gasteiger partial charge in [-0.15, -0.1) is 0 Å². The molecule has 0 aliphatic heterocycles. The Labute approximate surface area is 161 Å². The predicted octanol–water partition coefficient (Wildman–Crippen LogP) is 2.84. The molecule has 0 aliphatic carbocycles. The highest BCUT2D eigenvalue weighted by molar-refractivity contribution is 5.79. The molecular weight excluding hydrogens is 343 g/mol. The van der Waals surface area contributed by atoms with Gasteiger partial charge in [0, 0.05) is 20.1 Å². The third kappa shape index (κ3) is 6.25. The van der Waals surface area contributed by atoms with E-state index in [0.29, 0.717) is 31.0 Å². The zero-order valence-corrected chi connectivity index (χ0v) is 16.5. The average molecular weight is 372 g/mol. The van der Waals surface area contributed by atoms with Gasteiger partial charge in [0.15, 0.2) is 5.96 Å². The zero-order chi connectivity index (χ0) is 19.6. The normalized spacial score (nSPS) is 12.7. The minimum Gasteiger partial charge on any atom is -0.497 e. The summed E-state index contributed by atoms with van der Waals surface area (Å²) in [6.45, 7) is 1.28. The van der Waals surface area contributed by atoms with Crippen LogP contribution >= 0.6 is 0 Å². The molecule has 27 heavy (non-hydrogen) atoms. The number of halogens is 1. The van der Waals surface area contributed by atoms with Crippen molar-refractivity contribution in [2.45, 2.75) is 12.5 Å². The van der Waals surface area contributed by atoms with E-state index < -0.39 is 0 Å². The first-order valence-electron chi connectivity index (χ1n) is 9.03. The highest BCUT2D eigenvalue weighted by atomic mass is 19.1. The van der Waals surface area contributed by atoms with Crippen LogP contribution in [0.25, 0.3) is 0 Å². The van der Waals surface area contributed by atoms with Crippen molar-refractivity contribution in [2.75, 3.05) is 41.3 Å². The van der Waals surface area contributed by atoms with E-state index in [9.17, 15) is 4.39 Å². The Balaban J connectivity index is 1.91. The molecule has 5 nitrogen and oxygen atoms in total. The molecule has 0 spiro atoms. The lowest BCUT2D eigenvalue weighted by Crippen LogP contribution is -2.42. The van der Waals surface area contributed by atoms with E-state index in [1.165, 1.54) is 6.07 Å². The molecular formula is C21H29FN4O. The van der Waals surface area contributed by atoms with E-state index in [0.717, 1.165) is 11.3 Å². The number of aliphatic imine (C=N–C) groups is 1.